The lowest BCUT2D eigenvalue weighted by molar-refractivity contribution is 0.477. The van der Waals surface area contributed by atoms with Crippen molar-refractivity contribution < 1.29 is 4.74 Å². The maximum Gasteiger partial charge on any atom is 0.165 e. The van der Waals surface area contributed by atoms with E-state index < -0.39 is 0 Å². The van der Waals surface area contributed by atoms with E-state index in [9.17, 15) is 0 Å². The van der Waals surface area contributed by atoms with Gasteiger partial charge in [-0.05, 0) is 22.9 Å². The maximum atomic E-state index is 5.62. The number of halogens is 1. The predicted octanol–water partition coefficient (Wildman–Crippen LogP) is 2.85. The van der Waals surface area contributed by atoms with Crippen molar-refractivity contribution in [3.05, 3.63) is 35.3 Å². The lowest BCUT2D eigenvalue weighted by Gasteiger charge is -2.03. The van der Waals surface area contributed by atoms with Crippen LogP contribution < -0.4 is 4.74 Å². The van der Waals surface area contributed by atoms with Crippen molar-refractivity contribution in [2.45, 2.75) is 13.5 Å². The third-order valence-electron chi connectivity index (χ3n) is 1.90. The van der Waals surface area contributed by atoms with Crippen molar-refractivity contribution in [3.8, 4) is 11.5 Å². The fourth-order valence-electron chi connectivity index (χ4n) is 1.14. The van der Waals surface area contributed by atoms with Gasteiger partial charge in [0.05, 0.1) is 16.9 Å². The zero-order valence-corrected chi connectivity index (χ0v) is 9.81. The smallest absolute Gasteiger partial charge is 0.165 e. The molecule has 0 aliphatic rings. The third kappa shape index (κ3) is 2.36. The third-order valence-corrected chi connectivity index (χ3v) is 2.49. The van der Waals surface area contributed by atoms with E-state index in [-0.39, 0.29) is 0 Å². The van der Waals surface area contributed by atoms with Crippen LogP contribution in [0.3, 0.4) is 0 Å². The summed E-state index contributed by atoms with van der Waals surface area (Å²) in [5.74, 6) is 1.46. The number of nitrogens with zero attached hydrogens (tertiary/aromatic N) is 3. The summed E-state index contributed by atoms with van der Waals surface area (Å²) in [6.45, 7) is 2.86. The molecule has 2 aromatic heterocycles. The van der Waals surface area contributed by atoms with Gasteiger partial charge >= 0.3 is 0 Å². The quantitative estimate of drug-likeness (QED) is 0.859. The first-order valence-corrected chi connectivity index (χ1v) is 5.38. The fraction of sp³-hybridized carbons (Fsp3) is 0.200. The zero-order chi connectivity index (χ0) is 10.7. The van der Waals surface area contributed by atoms with Crippen LogP contribution in [0.4, 0.5) is 0 Å². The van der Waals surface area contributed by atoms with Gasteiger partial charge in [-0.2, -0.15) is 5.10 Å². The Morgan fingerprint density at radius 3 is 3.00 bits per heavy atom. The fourth-order valence-corrected chi connectivity index (χ4v) is 1.47. The molecule has 0 unspecified atom stereocenters. The summed E-state index contributed by atoms with van der Waals surface area (Å²) in [6, 6.07) is 1.80. The summed E-state index contributed by atoms with van der Waals surface area (Å²) in [6.07, 6.45) is 6.92. The lowest BCUT2D eigenvalue weighted by Crippen LogP contribution is -1.92. The first kappa shape index (κ1) is 10.2. The van der Waals surface area contributed by atoms with Gasteiger partial charge < -0.3 is 4.74 Å². The maximum absolute atomic E-state index is 5.62. The predicted molar refractivity (Wildman–Crippen MR) is 59.9 cm³/mol. The van der Waals surface area contributed by atoms with Crippen molar-refractivity contribution >= 4 is 15.9 Å². The molecule has 0 spiro atoms. The van der Waals surface area contributed by atoms with Crippen molar-refractivity contribution in [1.29, 1.82) is 0 Å². The van der Waals surface area contributed by atoms with E-state index in [1.54, 1.807) is 24.7 Å². The topological polar surface area (TPSA) is 39.9 Å². The summed E-state index contributed by atoms with van der Waals surface area (Å²) in [7, 11) is 0. The Labute approximate surface area is 96.0 Å². The number of aryl methyl sites for hydroxylation is 1. The van der Waals surface area contributed by atoms with Crippen LogP contribution in [0.15, 0.2) is 35.3 Å². The highest BCUT2D eigenvalue weighted by Crippen LogP contribution is 2.27. The molecule has 4 nitrogen and oxygen atoms in total. The van der Waals surface area contributed by atoms with Crippen LogP contribution >= 0.6 is 15.9 Å². The average molecular weight is 268 g/mol. The summed E-state index contributed by atoms with van der Waals surface area (Å²) >= 11 is 3.36. The molecular formula is C10H10BrN3O. The van der Waals surface area contributed by atoms with Gasteiger partial charge in [0.2, 0.25) is 0 Å². The molecule has 0 bridgehead atoms. The molecule has 2 heterocycles. The Bertz CT molecular complexity index is 455. The second-order valence-corrected chi connectivity index (χ2v) is 3.79. The molecule has 0 amide bonds. The number of hydrogen-bond donors (Lipinski definition) is 0. The molecule has 0 fully saturated rings. The Balaban J connectivity index is 2.18. The molecule has 78 valence electrons. The van der Waals surface area contributed by atoms with Crippen molar-refractivity contribution in [1.82, 2.24) is 14.8 Å². The second kappa shape index (κ2) is 4.44. The number of ether oxygens (including phenoxy) is 1. The van der Waals surface area contributed by atoms with Crippen LogP contribution in [-0.2, 0) is 6.54 Å². The van der Waals surface area contributed by atoms with E-state index in [2.05, 4.69) is 26.0 Å². The molecule has 0 aliphatic heterocycles. The second-order valence-electron chi connectivity index (χ2n) is 2.94. The largest absolute Gasteiger partial charge is 0.453 e. The number of rotatable bonds is 3. The molecule has 0 N–H and O–H groups in total. The molecule has 15 heavy (non-hydrogen) atoms. The van der Waals surface area contributed by atoms with Crippen LogP contribution in [0.1, 0.15) is 6.92 Å². The molecule has 0 saturated carbocycles. The van der Waals surface area contributed by atoms with Gasteiger partial charge in [0.25, 0.3) is 0 Å². The van der Waals surface area contributed by atoms with Gasteiger partial charge in [-0.15, -0.1) is 0 Å². The highest BCUT2D eigenvalue weighted by molar-refractivity contribution is 9.10. The summed E-state index contributed by atoms with van der Waals surface area (Å²) in [5, 5.41) is 4.12. The lowest BCUT2D eigenvalue weighted by atomic mass is 10.4. The van der Waals surface area contributed by atoms with Crippen molar-refractivity contribution in [3.63, 3.8) is 0 Å². The molecule has 2 rings (SSSR count). The van der Waals surface area contributed by atoms with Gasteiger partial charge in [0.1, 0.15) is 5.75 Å². The highest BCUT2D eigenvalue weighted by Gasteiger charge is 2.03. The van der Waals surface area contributed by atoms with Gasteiger partial charge in [-0.1, -0.05) is 0 Å². The van der Waals surface area contributed by atoms with E-state index >= 15 is 0 Å². The number of pyridine rings is 1. The molecule has 0 aromatic carbocycles. The monoisotopic (exact) mass is 267 g/mol. The van der Waals surface area contributed by atoms with Crippen molar-refractivity contribution in [2.75, 3.05) is 0 Å². The van der Waals surface area contributed by atoms with Crippen LogP contribution in [0.25, 0.3) is 0 Å². The van der Waals surface area contributed by atoms with E-state index in [1.807, 2.05) is 17.8 Å². The minimum Gasteiger partial charge on any atom is -0.453 e. The summed E-state index contributed by atoms with van der Waals surface area (Å²) in [5.41, 5.74) is 0. The van der Waals surface area contributed by atoms with E-state index in [0.717, 1.165) is 22.5 Å². The van der Waals surface area contributed by atoms with Crippen LogP contribution in [-0.4, -0.2) is 14.8 Å². The standard InChI is InChI=1S/C10H10BrN3O/c1-2-14-7-8(5-13-14)15-10-3-4-12-6-9(10)11/h3-7H,2H2,1H3. The van der Waals surface area contributed by atoms with E-state index in [1.165, 1.54) is 0 Å². The van der Waals surface area contributed by atoms with Crippen LogP contribution in [0.5, 0.6) is 11.5 Å². The van der Waals surface area contributed by atoms with Gasteiger partial charge in [-0.25, -0.2) is 0 Å². The minimum atomic E-state index is 0.726. The van der Waals surface area contributed by atoms with Gasteiger partial charge in [0, 0.05) is 25.0 Å². The van der Waals surface area contributed by atoms with Gasteiger partial charge in [-0.3, -0.25) is 9.67 Å². The first-order valence-electron chi connectivity index (χ1n) is 4.59. The van der Waals surface area contributed by atoms with Crippen molar-refractivity contribution in [2.24, 2.45) is 0 Å². The van der Waals surface area contributed by atoms with Gasteiger partial charge in [0.15, 0.2) is 5.75 Å². The molecule has 0 radical (unpaired) electrons. The van der Waals surface area contributed by atoms with E-state index in [4.69, 9.17) is 4.74 Å². The van der Waals surface area contributed by atoms with E-state index in [0.29, 0.717) is 0 Å². The molecule has 0 aliphatic carbocycles. The zero-order valence-electron chi connectivity index (χ0n) is 8.22. The number of hydrogen-bond acceptors (Lipinski definition) is 3. The SMILES string of the molecule is CCn1cc(Oc2ccncc2Br)cn1. The van der Waals surface area contributed by atoms with Crippen LogP contribution in [0.2, 0.25) is 0 Å². The Hall–Kier alpha value is -1.36. The number of aromatic nitrogens is 3. The molecule has 0 atom stereocenters. The Kier molecular flexibility index (Phi) is 3.01. The Morgan fingerprint density at radius 2 is 2.33 bits per heavy atom. The Morgan fingerprint density at radius 1 is 1.47 bits per heavy atom. The molecular weight excluding hydrogens is 258 g/mol. The molecule has 5 heteroatoms. The summed E-state index contributed by atoms with van der Waals surface area (Å²) in [4.78, 5) is 3.96. The summed E-state index contributed by atoms with van der Waals surface area (Å²) < 4.78 is 8.26. The highest BCUT2D eigenvalue weighted by atomic mass is 79.9. The van der Waals surface area contributed by atoms with Crippen LogP contribution in [0, 0.1) is 0 Å². The normalized spacial score (nSPS) is 10.3. The average Bonchev–Trinajstić information content (AvgIpc) is 2.69. The molecule has 2 aromatic rings. The minimum absolute atomic E-state index is 0.726. The molecule has 0 saturated heterocycles. The first-order chi connectivity index (χ1) is 7.29.